The third-order valence-electron chi connectivity index (χ3n) is 6.72. The summed E-state index contributed by atoms with van der Waals surface area (Å²) in [6, 6.07) is 12.7. The first-order valence-corrected chi connectivity index (χ1v) is 13.5. The molecule has 44 heavy (non-hydrogen) atoms. The van der Waals surface area contributed by atoms with E-state index in [1.54, 1.807) is 7.05 Å². The lowest BCUT2D eigenvalue weighted by Gasteiger charge is -2.15. The average molecular weight is 628 g/mol. The zero-order valence-electron chi connectivity index (χ0n) is 22.8. The molecular weight excluding hydrogens is 606 g/mol. The second kappa shape index (κ2) is 11.6. The van der Waals surface area contributed by atoms with Crippen molar-refractivity contribution in [3.8, 4) is 11.5 Å². The number of hydrogen-bond acceptors (Lipinski definition) is 7. The predicted molar refractivity (Wildman–Crippen MR) is 154 cm³/mol. The van der Waals surface area contributed by atoms with Gasteiger partial charge in [-0.25, -0.2) is 13.9 Å². The van der Waals surface area contributed by atoms with Crippen LogP contribution in [0.5, 0.6) is 11.5 Å². The van der Waals surface area contributed by atoms with E-state index < -0.39 is 23.1 Å². The summed E-state index contributed by atoms with van der Waals surface area (Å²) in [6.07, 6.45) is -0.0722. The van der Waals surface area contributed by atoms with Gasteiger partial charge in [0.05, 0.1) is 37.4 Å². The fourth-order valence-corrected chi connectivity index (χ4v) is 4.82. The summed E-state index contributed by atoms with van der Waals surface area (Å²) in [5, 5.41) is 6.86. The lowest BCUT2D eigenvalue weighted by molar-refractivity contribution is -0.138. The van der Waals surface area contributed by atoms with Crippen LogP contribution in [-0.4, -0.2) is 35.3 Å². The number of pyridine rings is 3. The van der Waals surface area contributed by atoms with Gasteiger partial charge in [-0.2, -0.15) is 23.3 Å². The zero-order chi connectivity index (χ0) is 31.0. The minimum Gasteiger partial charge on any atom is -0.450 e. The quantitative estimate of drug-likeness (QED) is 0.147. The standard InChI is InChI=1S/C29H22ClF4N7O3/c1-39-25-24(30)23(44-22-13-36-41-15-19(31)7-8-21(22)41)12-35-26(25)38-28(39)37-20-11-18(29(32,33)34)14-40(27(20)42)9-10-43-16-17-5-3-2-4-6-17/h2-8,11-15H,9-10,16H2,1H3,(H,35,37,38). The molecule has 1 aromatic carbocycles. The Kier molecular flexibility index (Phi) is 7.69. The molecule has 0 unspecified atom stereocenters. The normalized spacial score (nSPS) is 11.9. The van der Waals surface area contributed by atoms with Crippen molar-refractivity contribution < 1.29 is 27.0 Å². The van der Waals surface area contributed by atoms with Crippen molar-refractivity contribution in [1.82, 2.24) is 28.7 Å². The van der Waals surface area contributed by atoms with E-state index in [2.05, 4.69) is 20.4 Å². The zero-order valence-corrected chi connectivity index (χ0v) is 23.6. The lowest BCUT2D eigenvalue weighted by Crippen LogP contribution is -2.26. The van der Waals surface area contributed by atoms with Crippen LogP contribution in [0.3, 0.4) is 0 Å². The Hall–Kier alpha value is -4.95. The van der Waals surface area contributed by atoms with Gasteiger partial charge in [0, 0.05) is 19.8 Å². The number of aryl methyl sites for hydroxylation is 1. The van der Waals surface area contributed by atoms with Crippen molar-refractivity contribution in [2.75, 3.05) is 11.9 Å². The molecule has 0 aliphatic rings. The van der Waals surface area contributed by atoms with Gasteiger partial charge < -0.3 is 23.9 Å². The lowest BCUT2D eigenvalue weighted by atomic mass is 10.2. The summed E-state index contributed by atoms with van der Waals surface area (Å²) in [6.45, 7) is 0.137. The molecule has 15 heteroatoms. The van der Waals surface area contributed by atoms with Crippen LogP contribution in [0.1, 0.15) is 11.1 Å². The molecular formula is C29H22ClF4N7O3. The number of benzene rings is 1. The Morgan fingerprint density at radius 2 is 1.84 bits per heavy atom. The number of anilines is 2. The summed E-state index contributed by atoms with van der Waals surface area (Å²) >= 11 is 6.64. The third-order valence-corrected chi connectivity index (χ3v) is 7.08. The maximum Gasteiger partial charge on any atom is 0.417 e. The molecule has 0 aliphatic heterocycles. The number of ether oxygens (including phenoxy) is 2. The van der Waals surface area contributed by atoms with Crippen LogP contribution in [0, 0.1) is 5.82 Å². The van der Waals surface area contributed by atoms with Crippen LogP contribution in [-0.2, 0) is 31.1 Å². The van der Waals surface area contributed by atoms with Crippen molar-refractivity contribution in [3.63, 3.8) is 0 Å². The van der Waals surface area contributed by atoms with Gasteiger partial charge >= 0.3 is 6.18 Å². The van der Waals surface area contributed by atoms with Crippen LogP contribution in [0.4, 0.5) is 29.2 Å². The number of rotatable bonds is 9. The van der Waals surface area contributed by atoms with Gasteiger partial charge in [-0.05, 0) is 23.8 Å². The molecule has 6 rings (SSSR count). The summed E-state index contributed by atoms with van der Waals surface area (Å²) < 4.78 is 70.1. The Balaban J connectivity index is 1.27. The third kappa shape index (κ3) is 5.81. The summed E-state index contributed by atoms with van der Waals surface area (Å²) in [4.78, 5) is 21.8. The van der Waals surface area contributed by atoms with Gasteiger partial charge in [0.25, 0.3) is 5.56 Å². The van der Waals surface area contributed by atoms with E-state index in [-0.39, 0.29) is 59.1 Å². The number of imidazole rings is 1. The molecule has 0 bridgehead atoms. The summed E-state index contributed by atoms with van der Waals surface area (Å²) in [7, 11) is 1.55. The summed E-state index contributed by atoms with van der Waals surface area (Å²) in [5.41, 5.74) is -0.286. The van der Waals surface area contributed by atoms with E-state index in [1.165, 1.54) is 39.8 Å². The van der Waals surface area contributed by atoms with Crippen LogP contribution in [0.2, 0.25) is 5.02 Å². The fourth-order valence-electron chi connectivity index (χ4n) is 4.52. The maximum absolute atomic E-state index is 13.8. The molecule has 226 valence electrons. The number of alkyl halides is 3. The Labute approximate surface area is 251 Å². The van der Waals surface area contributed by atoms with Crippen molar-refractivity contribution in [2.24, 2.45) is 7.05 Å². The highest BCUT2D eigenvalue weighted by Gasteiger charge is 2.32. The van der Waals surface area contributed by atoms with Crippen LogP contribution in [0.25, 0.3) is 16.7 Å². The first kappa shape index (κ1) is 29.1. The van der Waals surface area contributed by atoms with Crippen LogP contribution < -0.4 is 15.6 Å². The van der Waals surface area contributed by atoms with E-state index in [9.17, 15) is 22.4 Å². The molecule has 0 saturated carbocycles. The second-order valence-corrected chi connectivity index (χ2v) is 10.1. The first-order valence-electron chi connectivity index (χ1n) is 13.1. The highest BCUT2D eigenvalue weighted by Crippen LogP contribution is 2.37. The topological polar surface area (TPSA) is 100 Å². The first-order chi connectivity index (χ1) is 21.1. The molecule has 0 spiro atoms. The monoisotopic (exact) mass is 627 g/mol. The molecule has 6 aromatic rings. The van der Waals surface area contributed by atoms with Crippen LogP contribution >= 0.6 is 11.6 Å². The molecule has 0 amide bonds. The van der Waals surface area contributed by atoms with Gasteiger partial charge in [-0.1, -0.05) is 41.9 Å². The largest absolute Gasteiger partial charge is 0.450 e. The van der Waals surface area contributed by atoms with Crippen molar-refractivity contribution in [2.45, 2.75) is 19.3 Å². The van der Waals surface area contributed by atoms with Crippen molar-refractivity contribution in [1.29, 1.82) is 0 Å². The molecule has 1 N–H and O–H groups in total. The van der Waals surface area contributed by atoms with E-state index in [4.69, 9.17) is 21.1 Å². The molecule has 0 fully saturated rings. The molecule has 0 saturated heterocycles. The molecule has 5 aromatic heterocycles. The molecule has 0 radical (unpaired) electrons. The minimum atomic E-state index is -4.72. The van der Waals surface area contributed by atoms with Gasteiger partial charge in [-0.15, -0.1) is 0 Å². The number of nitrogens with zero attached hydrogens (tertiary/aromatic N) is 6. The van der Waals surface area contributed by atoms with Gasteiger partial charge in [0.2, 0.25) is 5.95 Å². The van der Waals surface area contributed by atoms with Crippen molar-refractivity contribution >= 4 is 39.9 Å². The van der Waals surface area contributed by atoms with Crippen molar-refractivity contribution in [3.05, 3.63) is 106 Å². The number of hydrogen-bond donors (Lipinski definition) is 1. The summed E-state index contributed by atoms with van der Waals surface area (Å²) in [5.74, 6) is -0.0517. The van der Waals surface area contributed by atoms with Gasteiger partial charge in [0.15, 0.2) is 17.1 Å². The second-order valence-electron chi connectivity index (χ2n) is 9.69. The number of halogens is 5. The van der Waals surface area contributed by atoms with Crippen LogP contribution in [0.15, 0.2) is 78.1 Å². The highest BCUT2D eigenvalue weighted by atomic mass is 35.5. The molecule has 10 nitrogen and oxygen atoms in total. The Bertz CT molecular complexity index is 2040. The highest BCUT2D eigenvalue weighted by molar-refractivity contribution is 6.36. The van der Waals surface area contributed by atoms with Gasteiger partial charge in [-0.3, -0.25) is 4.79 Å². The molecule has 5 heterocycles. The maximum atomic E-state index is 13.8. The van der Waals surface area contributed by atoms with Gasteiger partial charge in [0.1, 0.15) is 27.6 Å². The van der Waals surface area contributed by atoms with E-state index in [0.29, 0.717) is 5.52 Å². The van der Waals surface area contributed by atoms with E-state index >= 15 is 0 Å². The predicted octanol–water partition coefficient (Wildman–Crippen LogP) is 6.34. The smallest absolute Gasteiger partial charge is 0.417 e. The number of aromatic nitrogens is 6. The van der Waals surface area contributed by atoms with E-state index in [0.717, 1.165) is 22.4 Å². The number of nitrogens with one attached hydrogen (secondary N) is 1. The molecule has 0 aliphatic carbocycles. The van der Waals surface area contributed by atoms with E-state index in [1.807, 2.05) is 30.3 Å². The number of fused-ring (bicyclic) bond motifs is 2. The average Bonchev–Trinajstić information content (AvgIpc) is 3.53. The molecule has 0 atom stereocenters. The minimum absolute atomic E-state index is 0.00574. The fraction of sp³-hybridized carbons (Fsp3) is 0.172. The Morgan fingerprint density at radius 1 is 1.05 bits per heavy atom. The Morgan fingerprint density at radius 3 is 2.61 bits per heavy atom. The SMILES string of the molecule is Cn1c(Nc2cc(C(F)(F)F)cn(CCOCc3ccccc3)c2=O)nc2ncc(Oc3cnn4cc(F)ccc34)c(Cl)c21.